The van der Waals surface area contributed by atoms with Crippen LogP contribution in [0.25, 0.3) is 0 Å². The van der Waals surface area contributed by atoms with Gasteiger partial charge in [-0.15, -0.1) is 0 Å². The van der Waals surface area contributed by atoms with Crippen molar-refractivity contribution in [1.29, 1.82) is 0 Å². The summed E-state index contributed by atoms with van der Waals surface area (Å²) in [6.45, 7) is 2.25. The maximum absolute atomic E-state index is 5.83. The molecule has 3 aliphatic heterocycles. The molecule has 96 valence electrons. The minimum Gasteiger partial charge on any atom is -0.454 e. The molecule has 0 bridgehead atoms. The lowest BCUT2D eigenvalue weighted by Gasteiger charge is -2.31. The predicted molar refractivity (Wildman–Crippen MR) is 66.0 cm³/mol. The summed E-state index contributed by atoms with van der Waals surface area (Å²) in [5, 5.41) is 3.59. The van der Waals surface area contributed by atoms with Crippen LogP contribution in [0.1, 0.15) is 30.0 Å². The lowest BCUT2D eigenvalue weighted by molar-refractivity contribution is 0.0762. The maximum atomic E-state index is 5.83. The van der Waals surface area contributed by atoms with Gasteiger partial charge < -0.3 is 19.5 Å². The molecule has 0 radical (unpaired) electrons. The first-order chi connectivity index (χ1) is 8.92. The van der Waals surface area contributed by atoms with Gasteiger partial charge in [-0.2, -0.15) is 0 Å². The van der Waals surface area contributed by atoms with Crippen LogP contribution in [0.2, 0.25) is 0 Å². The molecular formula is C14H17NO3. The van der Waals surface area contributed by atoms with Crippen molar-refractivity contribution in [2.75, 3.05) is 19.9 Å². The van der Waals surface area contributed by atoms with Gasteiger partial charge in [-0.3, -0.25) is 0 Å². The number of benzene rings is 1. The summed E-state index contributed by atoms with van der Waals surface area (Å²) in [6, 6.07) is 4.59. The molecule has 4 rings (SSSR count). The van der Waals surface area contributed by atoms with Gasteiger partial charge in [-0.1, -0.05) is 0 Å². The molecule has 0 saturated carbocycles. The third-order valence-corrected chi connectivity index (χ3v) is 4.06. The van der Waals surface area contributed by atoms with Gasteiger partial charge in [-0.05, 0) is 49.1 Å². The van der Waals surface area contributed by atoms with E-state index in [1.165, 1.54) is 17.5 Å². The zero-order chi connectivity index (χ0) is 11.9. The highest BCUT2D eigenvalue weighted by molar-refractivity contribution is 5.50. The van der Waals surface area contributed by atoms with Crippen molar-refractivity contribution in [3.05, 3.63) is 23.3 Å². The summed E-state index contributed by atoms with van der Waals surface area (Å²) in [7, 11) is 0. The molecule has 1 fully saturated rings. The zero-order valence-corrected chi connectivity index (χ0v) is 10.3. The van der Waals surface area contributed by atoms with Crippen LogP contribution >= 0.6 is 0 Å². The quantitative estimate of drug-likeness (QED) is 0.821. The number of ether oxygens (including phenoxy) is 3. The average Bonchev–Trinajstić information content (AvgIpc) is 3.06. The number of rotatable bonds is 1. The van der Waals surface area contributed by atoms with Gasteiger partial charge in [0, 0.05) is 6.61 Å². The van der Waals surface area contributed by atoms with Crippen molar-refractivity contribution in [2.45, 2.75) is 31.4 Å². The first kappa shape index (κ1) is 10.6. The molecular weight excluding hydrogens is 230 g/mol. The molecule has 1 saturated heterocycles. The second-order valence-corrected chi connectivity index (χ2v) is 5.14. The van der Waals surface area contributed by atoms with Gasteiger partial charge >= 0.3 is 0 Å². The lowest BCUT2D eigenvalue weighted by atomic mass is 9.89. The van der Waals surface area contributed by atoms with Gasteiger partial charge in [0.2, 0.25) is 6.79 Å². The molecule has 0 spiro atoms. The number of hydrogen-bond acceptors (Lipinski definition) is 4. The molecule has 4 heteroatoms. The fourth-order valence-corrected chi connectivity index (χ4v) is 3.18. The van der Waals surface area contributed by atoms with E-state index in [-0.39, 0.29) is 0 Å². The fraction of sp³-hybridized carbons (Fsp3) is 0.571. The van der Waals surface area contributed by atoms with Crippen LogP contribution in [0.15, 0.2) is 12.1 Å². The molecule has 1 N–H and O–H groups in total. The molecule has 4 nitrogen and oxygen atoms in total. The topological polar surface area (TPSA) is 39.7 Å². The predicted octanol–water partition coefficient (Wildman–Crippen LogP) is 1.78. The van der Waals surface area contributed by atoms with Crippen LogP contribution in [0.5, 0.6) is 11.5 Å². The smallest absolute Gasteiger partial charge is 0.231 e. The third-order valence-electron chi connectivity index (χ3n) is 4.06. The Kier molecular flexibility index (Phi) is 2.45. The van der Waals surface area contributed by atoms with E-state index in [0.29, 0.717) is 18.9 Å². The van der Waals surface area contributed by atoms with E-state index in [9.17, 15) is 0 Å². The van der Waals surface area contributed by atoms with Gasteiger partial charge in [0.1, 0.15) is 0 Å². The van der Waals surface area contributed by atoms with E-state index in [4.69, 9.17) is 14.2 Å². The summed E-state index contributed by atoms with van der Waals surface area (Å²) >= 11 is 0. The fourth-order valence-electron chi connectivity index (χ4n) is 3.18. The highest BCUT2D eigenvalue weighted by Crippen LogP contribution is 2.40. The summed E-state index contributed by atoms with van der Waals surface area (Å²) < 4.78 is 16.8. The van der Waals surface area contributed by atoms with Gasteiger partial charge in [-0.25, -0.2) is 0 Å². The monoisotopic (exact) mass is 247 g/mol. The number of hydrogen-bond donors (Lipinski definition) is 1. The molecule has 0 amide bonds. The van der Waals surface area contributed by atoms with Crippen LogP contribution < -0.4 is 14.8 Å². The Bertz CT molecular complexity index is 468. The Labute approximate surface area is 106 Å². The Morgan fingerprint density at radius 1 is 1.17 bits per heavy atom. The second-order valence-electron chi connectivity index (χ2n) is 5.14. The summed E-state index contributed by atoms with van der Waals surface area (Å²) in [5.41, 5.74) is 2.70. The molecule has 1 aromatic carbocycles. The number of nitrogens with one attached hydrogen (secondary N) is 1. The molecule has 0 aromatic heterocycles. The van der Waals surface area contributed by atoms with Crippen molar-refractivity contribution in [2.24, 2.45) is 0 Å². The van der Waals surface area contributed by atoms with E-state index < -0.39 is 0 Å². The minimum absolute atomic E-state index is 0.310. The molecule has 1 aromatic rings. The molecule has 3 heterocycles. The SMILES string of the molecule is c1c2c(cc3c1OCO3)C(C1CCCO1)NCC2. The van der Waals surface area contributed by atoms with E-state index >= 15 is 0 Å². The van der Waals surface area contributed by atoms with Crippen LogP contribution in [-0.2, 0) is 11.2 Å². The van der Waals surface area contributed by atoms with Crippen LogP contribution in [0, 0.1) is 0 Å². The van der Waals surface area contributed by atoms with Crippen molar-refractivity contribution in [3.63, 3.8) is 0 Å². The molecule has 3 aliphatic rings. The number of fused-ring (bicyclic) bond motifs is 2. The maximum Gasteiger partial charge on any atom is 0.231 e. The highest BCUT2D eigenvalue weighted by atomic mass is 16.7. The molecule has 0 aliphatic carbocycles. The van der Waals surface area contributed by atoms with Gasteiger partial charge in [0.25, 0.3) is 0 Å². The van der Waals surface area contributed by atoms with E-state index in [2.05, 4.69) is 17.4 Å². The Morgan fingerprint density at radius 2 is 2.06 bits per heavy atom. The minimum atomic E-state index is 0.310. The Balaban J connectivity index is 1.73. The lowest BCUT2D eigenvalue weighted by Crippen LogP contribution is -2.37. The van der Waals surface area contributed by atoms with Crippen molar-refractivity contribution in [3.8, 4) is 11.5 Å². The molecule has 2 atom stereocenters. The summed E-state index contributed by atoms with van der Waals surface area (Å²) in [5.74, 6) is 1.77. The summed E-state index contributed by atoms with van der Waals surface area (Å²) in [6.07, 6.45) is 3.67. The largest absolute Gasteiger partial charge is 0.454 e. The summed E-state index contributed by atoms with van der Waals surface area (Å²) in [4.78, 5) is 0. The first-order valence-electron chi connectivity index (χ1n) is 6.69. The van der Waals surface area contributed by atoms with E-state index in [0.717, 1.165) is 37.5 Å². The van der Waals surface area contributed by atoms with Gasteiger partial charge in [0.15, 0.2) is 11.5 Å². The third kappa shape index (κ3) is 1.60. The Hall–Kier alpha value is -1.26. The van der Waals surface area contributed by atoms with E-state index in [1.54, 1.807) is 0 Å². The molecule has 2 unspecified atom stereocenters. The molecule has 18 heavy (non-hydrogen) atoms. The standard InChI is InChI=1S/C14H17NO3/c1-2-11(16-5-1)14-10-7-13-12(17-8-18-13)6-9(10)3-4-15-14/h6-7,11,14-15H,1-5,8H2. The van der Waals surface area contributed by atoms with Gasteiger partial charge in [0.05, 0.1) is 12.1 Å². The first-order valence-corrected chi connectivity index (χ1v) is 6.69. The second kappa shape index (κ2) is 4.14. The van der Waals surface area contributed by atoms with E-state index in [1.807, 2.05) is 0 Å². The van der Waals surface area contributed by atoms with Crippen molar-refractivity contribution < 1.29 is 14.2 Å². The van der Waals surface area contributed by atoms with Crippen molar-refractivity contribution >= 4 is 0 Å². The van der Waals surface area contributed by atoms with Crippen LogP contribution in [-0.4, -0.2) is 26.0 Å². The Morgan fingerprint density at radius 3 is 2.89 bits per heavy atom. The highest BCUT2D eigenvalue weighted by Gasteiger charge is 2.32. The zero-order valence-electron chi connectivity index (χ0n) is 10.3. The van der Waals surface area contributed by atoms with Crippen LogP contribution in [0.4, 0.5) is 0 Å². The van der Waals surface area contributed by atoms with Crippen molar-refractivity contribution in [1.82, 2.24) is 5.32 Å². The average molecular weight is 247 g/mol. The normalized spacial score (nSPS) is 29.3. The van der Waals surface area contributed by atoms with Crippen LogP contribution in [0.3, 0.4) is 0 Å².